The molecule has 0 saturated carbocycles. The maximum atomic E-state index is 12.7. The lowest BCUT2D eigenvalue weighted by Gasteiger charge is -2.26. The predicted octanol–water partition coefficient (Wildman–Crippen LogP) is 2.44. The molecule has 1 aromatic rings. The molecular formula is C14H22N2O2S2. The Morgan fingerprint density at radius 1 is 1.35 bits per heavy atom. The number of sulfonamides is 1. The summed E-state index contributed by atoms with van der Waals surface area (Å²) in [6, 6.07) is 4.96. The summed E-state index contributed by atoms with van der Waals surface area (Å²) >= 11 is 4.91. The number of hydrogen-bond donors (Lipinski definition) is 1. The third-order valence-corrected chi connectivity index (χ3v) is 5.88. The van der Waals surface area contributed by atoms with Gasteiger partial charge in [-0.2, -0.15) is 4.31 Å². The van der Waals surface area contributed by atoms with Crippen LogP contribution in [-0.2, 0) is 10.0 Å². The van der Waals surface area contributed by atoms with Gasteiger partial charge in [0.05, 0.1) is 4.90 Å². The SMILES string of the molecule is CCC(CC)N(C)S(=O)(=O)c1ccc(C(N)=S)cc1C. The normalized spacial score (nSPS) is 12.1. The molecule has 0 heterocycles. The summed E-state index contributed by atoms with van der Waals surface area (Å²) in [6.45, 7) is 5.74. The van der Waals surface area contributed by atoms with Crippen LogP contribution in [0.4, 0.5) is 0 Å². The summed E-state index contributed by atoms with van der Waals surface area (Å²) in [6.07, 6.45) is 1.58. The van der Waals surface area contributed by atoms with Crippen LogP contribution in [0.25, 0.3) is 0 Å². The summed E-state index contributed by atoms with van der Waals surface area (Å²) in [7, 11) is -1.85. The molecule has 0 aliphatic rings. The van der Waals surface area contributed by atoms with Crippen molar-refractivity contribution in [1.82, 2.24) is 4.31 Å². The molecule has 0 unspecified atom stereocenters. The Balaban J connectivity index is 3.26. The zero-order valence-corrected chi connectivity index (χ0v) is 14.0. The molecule has 0 saturated heterocycles. The van der Waals surface area contributed by atoms with Gasteiger partial charge in [-0.25, -0.2) is 8.42 Å². The first-order chi connectivity index (χ1) is 9.25. The molecule has 1 rings (SSSR count). The van der Waals surface area contributed by atoms with Crippen LogP contribution in [0, 0.1) is 6.92 Å². The molecule has 2 N–H and O–H groups in total. The van der Waals surface area contributed by atoms with Crippen LogP contribution >= 0.6 is 12.2 Å². The number of nitrogens with zero attached hydrogens (tertiary/aromatic N) is 1. The molecule has 0 aromatic heterocycles. The maximum absolute atomic E-state index is 12.7. The van der Waals surface area contributed by atoms with E-state index in [9.17, 15) is 8.42 Å². The van der Waals surface area contributed by atoms with E-state index in [0.717, 1.165) is 12.8 Å². The highest BCUT2D eigenvalue weighted by Gasteiger charge is 2.27. The molecule has 1 aromatic carbocycles. The third kappa shape index (κ3) is 3.37. The van der Waals surface area contributed by atoms with Crippen LogP contribution in [0.3, 0.4) is 0 Å². The van der Waals surface area contributed by atoms with E-state index in [0.29, 0.717) is 16.0 Å². The van der Waals surface area contributed by atoms with Gasteiger partial charge in [-0.15, -0.1) is 0 Å². The topological polar surface area (TPSA) is 63.4 Å². The second-order valence-electron chi connectivity index (χ2n) is 4.84. The first kappa shape index (κ1) is 17.1. The van der Waals surface area contributed by atoms with Crippen LogP contribution in [0.5, 0.6) is 0 Å². The van der Waals surface area contributed by atoms with E-state index in [1.54, 1.807) is 32.2 Å². The van der Waals surface area contributed by atoms with Crippen LogP contribution in [0.15, 0.2) is 23.1 Å². The highest BCUT2D eigenvalue weighted by molar-refractivity contribution is 7.89. The number of rotatable bonds is 6. The van der Waals surface area contributed by atoms with Crippen molar-refractivity contribution in [1.29, 1.82) is 0 Å². The molecule has 112 valence electrons. The van der Waals surface area contributed by atoms with Crippen molar-refractivity contribution in [3.05, 3.63) is 29.3 Å². The number of hydrogen-bond acceptors (Lipinski definition) is 3. The second-order valence-corrected chi connectivity index (χ2v) is 7.24. The summed E-state index contributed by atoms with van der Waals surface area (Å²) in [5.74, 6) is 0. The van der Waals surface area contributed by atoms with Crippen molar-refractivity contribution in [3.8, 4) is 0 Å². The first-order valence-electron chi connectivity index (χ1n) is 6.64. The van der Waals surface area contributed by atoms with Gasteiger partial charge in [-0.3, -0.25) is 0 Å². The van der Waals surface area contributed by atoms with Crippen LogP contribution < -0.4 is 5.73 Å². The molecule has 0 aliphatic heterocycles. The van der Waals surface area contributed by atoms with Gasteiger partial charge in [0.25, 0.3) is 0 Å². The molecule has 0 fully saturated rings. The van der Waals surface area contributed by atoms with Gasteiger partial charge >= 0.3 is 0 Å². The van der Waals surface area contributed by atoms with Crippen molar-refractivity contribution in [2.45, 2.75) is 44.6 Å². The fourth-order valence-electron chi connectivity index (χ4n) is 2.25. The highest BCUT2D eigenvalue weighted by Crippen LogP contribution is 2.23. The van der Waals surface area contributed by atoms with Gasteiger partial charge in [-0.05, 0) is 37.5 Å². The molecule has 4 nitrogen and oxygen atoms in total. The minimum Gasteiger partial charge on any atom is -0.389 e. The molecule has 0 amide bonds. The Morgan fingerprint density at radius 2 is 1.90 bits per heavy atom. The molecule has 0 aliphatic carbocycles. The van der Waals surface area contributed by atoms with Gasteiger partial charge in [0.1, 0.15) is 4.99 Å². The van der Waals surface area contributed by atoms with E-state index in [2.05, 4.69) is 0 Å². The smallest absolute Gasteiger partial charge is 0.243 e. The molecule has 0 radical (unpaired) electrons. The van der Waals surface area contributed by atoms with E-state index in [4.69, 9.17) is 18.0 Å². The highest BCUT2D eigenvalue weighted by atomic mass is 32.2. The average molecular weight is 314 g/mol. The number of thiocarbonyl (C=S) groups is 1. The molecule has 20 heavy (non-hydrogen) atoms. The summed E-state index contributed by atoms with van der Waals surface area (Å²) in [5.41, 5.74) is 6.91. The lowest BCUT2D eigenvalue weighted by molar-refractivity contribution is 0.349. The minimum absolute atomic E-state index is 0.00895. The number of nitrogens with two attached hydrogens (primary N) is 1. The predicted molar refractivity (Wildman–Crippen MR) is 86.4 cm³/mol. The molecule has 0 atom stereocenters. The Hall–Kier alpha value is -0.980. The van der Waals surface area contributed by atoms with E-state index in [1.807, 2.05) is 13.8 Å². The zero-order valence-electron chi connectivity index (χ0n) is 12.4. The maximum Gasteiger partial charge on any atom is 0.243 e. The lowest BCUT2D eigenvalue weighted by Crippen LogP contribution is -2.36. The Morgan fingerprint density at radius 3 is 2.30 bits per heavy atom. The van der Waals surface area contributed by atoms with Crippen molar-refractivity contribution >= 4 is 27.2 Å². The van der Waals surface area contributed by atoms with Gasteiger partial charge in [-0.1, -0.05) is 32.1 Å². The van der Waals surface area contributed by atoms with Gasteiger partial charge in [0.2, 0.25) is 10.0 Å². The first-order valence-corrected chi connectivity index (χ1v) is 8.49. The molecule has 0 bridgehead atoms. The molecule has 0 spiro atoms. The average Bonchev–Trinajstić information content (AvgIpc) is 2.39. The standard InChI is InChI=1S/C14H22N2O2S2/c1-5-12(6-2)16(4)20(17,18)13-8-7-11(14(15)19)9-10(13)3/h7-9,12H,5-6H2,1-4H3,(H2,15,19). The quantitative estimate of drug-likeness (QED) is 0.819. The van der Waals surface area contributed by atoms with E-state index in [-0.39, 0.29) is 11.0 Å². The van der Waals surface area contributed by atoms with E-state index in [1.165, 1.54) is 4.31 Å². The fraction of sp³-hybridized carbons (Fsp3) is 0.500. The van der Waals surface area contributed by atoms with Crippen molar-refractivity contribution in [2.75, 3.05) is 7.05 Å². The van der Waals surface area contributed by atoms with Crippen molar-refractivity contribution < 1.29 is 8.42 Å². The summed E-state index contributed by atoms with van der Waals surface area (Å²) in [5, 5.41) is 0. The monoisotopic (exact) mass is 314 g/mol. The Labute approximate surface area is 127 Å². The molecule has 6 heteroatoms. The van der Waals surface area contributed by atoms with Crippen LogP contribution in [0.1, 0.15) is 37.8 Å². The Kier molecular flexibility index (Phi) is 5.68. The fourth-order valence-corrected chi connectivity index (χ4v) is 4.08. The molecular weight excluding hydrogens is 292 g/mol. The summed E-state index contributed by atoms with van der Waals surface area (Å²) < 4.78 is 26.8. The third-order valence-electron chi connectivity index (χ3n) is 3.57. The zero-order chi connectivity index (χ0) is 15.5. The van der Waals surface area contributed by atoms with Crippen molar-refractivity contribution in [2.24, 2.45) is 5.73 Å². The lowest BCUT2D eigenvalue weighted by atomic mass is 10.1. The Bertz CT molecular complexity index is 593. The van der Waals surface area contributed by atoms with Crippen molar-refractivity contribution in [3.63, 3.8) is 0 Å². The minimum atomic E-state index is -3.49. The van der Waals surface area contributed by atoms with Gasteiger partial charge in [0, 0.05) is 18.7 Å². The van der Waals surface area contributed by atoms with E-state index < -0.39 is 10.0 Å². The largest absolute Gasteiger partial charge is 0.389 e. The number of aryl methyl sites for hydroxylation is 1. The summed E-state index contributed by atoms with van der Waals surface area (Å²) in [4.78, 5) is 0.581. The van der Waals surface area contributed by atoms with Gasteiger partial charge in [0.15, 0.2) is 0 Å². The van der Waals surface area contributed by atoms with Crippen LogP contribution in [-0.4, -0.2) is 30.8 Å². The van der Waals surface area contributed by atoms with E-state index >= 15 is 0 Å². The van der Waals surface area contributed by atoms with Gasteiger partial charge < -0.3 is 5.73 Å². The second kappa shape index (κ2) is 6.65. The van der Waals surface area contributed by atoms with Crippen LogP contribution in [0.2, 0.25) is 0 Å². The number of benzene rings is 1.